The van der Waals surface area contributed by atoms with Crippen LogP contribution in [0.15, 0.2) is 40.2 Å². The molecule has 1 amide bonds. The van der Waals surface area contributed by atoms with E-state index in [4.69, 9.17) is 0 Å². The van der Waals surface area contributed by atoms with Crippen molar-refractivity contribution in [3.8, 4) is 0 Å². The molecule has 0 saturated heterocycles. The number of imidazole rings is 1. The van der Waals surface area contributed by atoms with E-state index in [0.29, 0.717) is 19.5 Å². The first-order chi connectivity index (χ1) is 13.4. The molecule has 0 aliphatic carbocycles. The number of nitrogens with one attached hydrogen (secondary N) is 1. The minimum absolute atomic E-state index is 0.0238. The molecule has 2 aromatic heterocycles. The molecule has 0 spiro atoms. The SMILES string of the molecule is CCCn1c(=O)c2c(ncn2CC(=O)NCCc2ccc(C)cc2)n(C)c1=O. The molecule has 0 atom stereocenters. The van der Waals surface area contributed by atoms with Crippen LogP contribution in [0.25, 0.3) is 11.2 Å². The second-order valence-corrected chi connectivity index (χ2v) is 6.93. The van der Waals surface area contributed by atoms with Gasteiger partial charge in [-0.15, -0.1) is 0 Å². The first-order valence-corrected chi connectivity index (χ1v) is 9.39. The molecule has 8 heteroatoms. The van der Waals surface area contributed by atoms with E-state index in [1.807, 2.05) is 38.1 Å². The van der Waals surface area contributed by atoms with Crippen molar-refractivity contribution in [2.24, 2.45) is 7.05 Å². The van der Waals surface area contributed by atoms with E-state index in [0.717, 1.165) is 12.0 Å². The van der Waals surface area contributed by atoms with Crippen molar-refractivity contribution in [3.05, 3.63) is 62.6 Å². The summed E-state index contributed by atoms with van der Waals surface area (Å²) in [6.45, 7) is 4.74. The molecule has 0 aliphatic rings. The van der Waals surface area contributed by atoms with E-state index >= 15 is 0 Å². The number of amides is 1. The van der Waals surface area contributed by atoms with Crippen molar-refractivity contribution in [2.75, 3.05) is 6.54 Å². The third-order valence-corrected chi connectivity index (χ3v) is 4.72. The van der Waals surface area contributed by atoms with Crippen LogP contribution in [-0.2, 0) is 31.4 Å². The molecule has 2 heterocycles. The number of carbonyl (C=O) groups excluding carboxylic acids is 1. The van der Waals surface area contributed by atoms with E-state index < -0.39 is 11.2 Å². The van der Waals surface area contributed by atoms with Crippen LogP contribution in [0.3, 0.4) is 0 Å². The summed E-state index contributed by atoms with van der Waals surface area (Å²) in [5.41, 5.74) is 2.09. The molecular weight excluding hydrogens is 358 g/mol. The van der Waals surface area contributed by atoms with Crippen LogP contribution in [0, 0.1) is 6.92 Å². The Morgan fingerprint density at radius 3 is 2.57 bits per heavy atom. The number of aryl methyl sites for hydroxylation is 2. The smallest absolute Gasteiger partial charge is 0.332 e. The lowest BCUT2D eigenvalue weighted by atomic mass is 10.1. The number of hydrogen-bond acceptors (Lipinski definition) is 4. The van der Waals surface area contributed by atoms with Gasteiger partial charge >= 0.3 is 5.69 Å². The quantitative estimate of drug-likeness (QED) is 0.658. The second-order valence-electron chi connectivity index (χ2n) is 6.93. The topological polar surface area (TPSA) is 90.9 Å². The van der Waals surface area contributed by atoms with Crippen molar-refractivity contribution in [1.82, 2.24) is 24.0 Å². The highest BCUT2D eigenvalue weighted by molar-refractivity contribution is 5.78. The summed E-state index contributed by atoms with van der Waals surface area (Å²) < 4.78 is 4.04. The van der Waals surface area contributed by atoms with Crippen LogP contribution >= 0.6 is 0 Å². The largest absolute Gasteiger partial charge is 0.354 e. The summed E-state index contributed by atoms with van der Waals surface area (Å²) >= 11 is 0. The monoisotopic (exact) mass is 383 g/mol. The zero-order valence-electron chi connectivity index (χ0n) is 16.4. The summed E-state index contributed by atoms with van der Waals surface area (Å²) in [5.74, 6) is -0.207. The van der Waals surface area contributed by atoms with Gasteiger partial charge in [-0.1, -0.05) is 36.8 Å². The molecule has 0 aliphatic heterocycles. The second kappa shape index (κ2) is 8.24. The third-order valence-electron chi connectivity index (χ3n) is 4.72. The third kappa shape index (κ3) is 3.90. The van der Waals surface area contributed by atoms with Crippen molar-refractivity contribution >= 4 is 17.1 Å². The number of rotatable bonds is 7. The van der Waals surface area contributed by atoms with Gasteiger partial charge in [0.1, 0.15) is 6.54 Å². The Morgan fingerprint density at radius 2 is 1.89 bits per heavy atom. The van der Waals surface area contributed by atoms with Gasteiger partial charge in [-0.05, 0) is 25.3 Å². The molecule has 0 bridgehead atoms. The van der Waals surface area contributed by atoms with Gasteiger partial charge < -0.3 is 9.88 Å². The highest BCUT2D eigenvalue weighted by Crippen LogP contribution is 2.06. The predicted octanol–water partition coefficient (Wildman–Crippen LogP) is 0.974. The van der Waals surface area contributed by atoms with Crippen molar-refractivity contribution in [1.29, 1.82) is 0 Å². The maximum absolute atomic E-state index is 12.7. The van der Waals surface area contributed by atoms with Crippen LogP contribution < -0.4 is 16.6 Å². The molecule has 1 N–H and O–H groups in total. The maximum atomic E-state index is 12.7. The van der Waals surface area contributed by atoms with Crippen LogP contribution in [0.4, 0.5) is 0 Å². The molecule has 28 heavy (non-hydrogen) atoms. The number of carbonyl (C=O) groups is 1. The molecular formula is C20H25N5O3. The van der Waals surface area contributed by atoms with E-state index in [-0.39, 0.29) is 23.6 Å². The molecule has 3 aromatic rings. The fraction of sp³-hybridized carbons (Fsp3) is 0.400. The van der Waals surface area contributed by atoms with Gasteiger partial charge in [0.05, 0.1) is 6.33 Å². The molecule has 0 radical (unpaired) electrons. The highest BCUT2D eigenvalue weighted by Gasteiger charge is 2.17. The summed E-state index contributed by atoms with van der Waals surface area (Å²) in [4.78, 5) is 41.6. The van der Waals surface area contributed by atoms with Gasteiger partial charge in [0.2, 0.25) is 5.91 Å². The lowest BCUT2D eigenvalue weighted by Crippen LogP contribution is -2.40. The van der Waals surface area contributed by atoms with Crippen molar-refractivity contribution in [3.63, 3.8) is 0 Å². The number of aromatic nitrogens is 4. The van der Waals surface area contributed by atoms with Crippen LogP contribution in [0.1, 0.15) is 24.5 Å². The Hall–Kier alpha value is -3.16. The Morgan fingerprint density at radius 1 is 1.18 bits per heavy atom. The summed E-state index contributed by atoms with van der Waals surface area (Å²) in [6.07, 6.45) is 2.82. The Kier molecular flexibility index (Phi) is 5.77. The number of benzene rings is 1. The average molecular weight is 383 g/mol. The zero-order chi connectivity index (χ0) is 20.3. The van der Waals surface area contributed by atoms with Crippen molar-refractivity contribution in [2.45, 2.75) is 39.8 Å². The van der Waals surface area contributed by atoms with Gasteiger partial charge in [-0.2, -0.15) is 0 Å². The predicted molar refractivity (Wildman–Crippen MR) is 107 cm³/mol. The molecule has 148 valence electrons. The van der Waals surface area contributed by atoms with Gasteiger partial charge in [0.25, 0.3) is 5.56 Å². The minimum atomic E-state index is -0.412. The number of nitrogens with zero attached hydrogens (tertiary/aromatic N) is 4. The normalized spacial score (nSPS) is 11.1. The summed E-state index contributed by atoms with van der Waals surface area (Å²) in [7, 11) is 1.58. The Balaban J connectivity index is 1.75. The maximum Gasteiger partial charge on any atom is 0.332 e. The van der Waals surface area contributed by atoms with Gasteiger partial charge in [0, 0.05) is 20.1 Å². The molecule has 3 rings (SSSR count). The Labute approximate surface area is 162 Å². The number of hydrogen-bond donors (Lipinski definition) is 1. The van der Waals surface area contributed by atoms with E-state index in [9.17, 15) is 14.4 Å². The molecule has 0 fully saturated rings. The Bertz CT molecular complexity index is 1110. The average Bonchev–Trinajstić information content (AvgIpc) is 3.09. The minimum Gasteiger partial charge on any atom is -0.354 e. The van der Waals surface area contributed by atoms with E-state index in [2.05, 4.69) is 10.3 Å². The molecule has 0 saturated carbocycles. The summed E-state index contributed by atoms with van der Waals surface area (Å²) in [5, 5.41) is 2.87. The van der Waals surface area contributed by atoms with E-state index in [1.54, 1.807) is 7.05 Å². The summed E-state index contributed by atoms with van der Waals surface area (Å²) in [6, 6.07) is 8.17. The molecule has 8 nitrogen and oxygen atoms in total. The molecule has 1 aromatic carbocycles. The van der Waals surface area contributed by atoms with E-state index in [1.165, 1.54) is 25.6 Å². The number of fused-ring (bicyclic) bond motifs is 1. The van der Waals surface area contributed by atoms with Crippen LogP contribution in [-0.4, -0.2) is 31.1 Å². The first-order valence-electron chi connectivity index (χ1n) is 9.39. The highest BCUT2D eigenvalue weighted by atomic mass is 16.2. The van der Waals surface area contributed by atoms with Crippen molar-refractivity contribution < 1.29 is 4.79 Å². The lowest BCUT2D eigenvalue weighted by Gasteiger charge is -2.09. The molecule has 0 unspecified atom stereocenters. The first kappa shape index (κ1) is 19.6. The standard InChI is InChI=1S/C20H25N5O3/c1-4-11-25-19(27)17-18(23(3)20(25)28)22-13-24(17)12-16(26)21-10-9-15-7-5-14(2)6-8-15/h5-8,13H,4,9-12H2,1-3H3,(H,21,26). The van der Waals surface area contributed by atoms with Crippen LogP contribution in [0.2, 0.25) is 0 Å². The fourth-order valence-electron chi connectivity index (χ4n) is 3.17. The van der Waals surface area contributed by atoms with Gasteiger partial charge in [-0.3, -0.25) is 18.7 Å². The lowest BCUT2D eigenvalue weighted by molar-refractivity contribution is -0.121. The van der Waals surface area contributed by atoms with Gasteiger partial charge in [0.15, 0.2) is 11.2 Å². The zero-order valence-corrected chi connectivity index (χ0v) is 16.4. The van der Waals surface area contributed by atoms with Crippen LogP contribution in [0.5, 0.6) is 0 Å². The fourth-order valence-corrected chi connectivity index (χ4v) is 3.17. The van der Waals surface area contributed by atoms with Gasteiger partial charge in [-0.25, -0.2) is 9.78 Å².